The zero-order valence-electron chi connectivity index (χ0n) is 12.9. The lowest BCUT2D eigenvalue weighted by atomic mass is 10.2. The molecule has 0 spiro atoms. The molecule has 6 nitrogen and oxygen atoms in total. The average molecular weight is 345 g/mol. The molecule has 1 aromatic carbocycles. The van der Waals surface area contributed by atoms with Crippen LogP contribution in [0.5, 0.6) is 0 Å². The predicted molar refractivity (Wildman–Crippen MR) is 88.1 cm³/mol. The van der Waals surface area contributed by atoms with Gasteiger partial charge in [-0.15, -0.1) is 0 Å². The SMILES string of the molecule is OC[C@H](OCc1ccccc1)C(O)C[S+]1C[C@@H](O)[C@H](O)[C@H]1CO. The largest absolute Gasteiger partial charge is 0.394 e. The minimum Gasteiger partial charge on any atom is -0.394 e. The highest BCUT2D eigenvalue weighted by molar-refractivity contribution is 7.97. The van der Waals surface area contributed by atoms with E-state index in [2.05, 4.69) is 0 Å². The third-order valence-electron chi connectivity index (χ3n) is 4.07. The summed E-state index contributed by atoms with van der Waals surface area (Å²) in [6, 6.07) is 9.46. The molecule has 1 saturated heterocycles. The molecule has 1 aliphatic heterocycles. The zero-order valence-corrected chi connectivity index (χ0v) is 13.7. The van der Waals surface area contributed by atoms with Crippen LogP contribution in [0.3, 0.4) is 0 Å². The van der Waals surface area contributed by atoms with E-state index in [0.717, 1.165) is 5.56 Å². The molecule has 2 unspecified atom stereocenters. The summed E-state index contributed by atoms with van der Waals surface area (Å²) >= 11 is 0. The fourth-order valence-electron chi connectivity index (χ4n) is 2.68. The first kappa shape index (κ1) is 18.7. The van der Waals surface area contributed by atoms with Crippen molar-refractivity contribution in [3.05, 3.63) is 35.9 Å². The van der Waals surface area contributed by atoms with Gasteiger partial charge in [-0.05, 0) is 5.56 Å². The summed E-state index contributed by atoms with van der Waals surface area (Å²) in [5, 5.41) is 48.2. The van der Waals surface area contributed by atoms with Crippen molar-refractivity contribution in [2.75, 3.05) is 24.7 Å². The van der Waals surface area contributed by atoms with Crippen LogP contribution in [0, 0.1) is 0 Å². The van der Waals surface area contributed by atoms with Crippen molar-refractivity contribution in [3.8, 4) is 0 Å². The molecule has 23 heavy (non-hydrogen) atoms. The highest BCUT2D eigenvalue weighted by atomic mass is 32.2. The Hall–Kier alpha value is -0.670. The van der Waals surface area contributed by atoms with Gasteiger partial charge in [-0.25, -0.2) is 0 Å². The van der Waals surface area contributed by atoms with Gasteiger partial charge in [-0.3, -0.25) is 0 Å². The molecule has 7 heteroatoms. The molecule has 130 valence electrons. The number of aliphatic hydroxyl groups excluding tert-OH is 5. The fraction of sp³-hybridized carbons (Fsp3) is 0.625. The smallest absolute Gasteiger partial charge is 0.169 e. The Morgan fingerprint density at radius 2 is 1.87 bits per heavy atom. The summed E-state index contributed by atoms with van der Waals surface area (Å²) in [6.07, 6.45) is -3.50. The van der Waals surface area contributed by atoms with Crippen LogP contribution >= 0.6 is 0 Å². The van der Waals surface area contributed by atoms with E-state index >= 15 is 0 Å². The summed E-state index contributed by atoms with van der Waals surface area (Å²) in [6.45, 7) is -0.269. The lowest BCUT2D eigenvalue weighted by Gasteiger charge is -2.22. The molecule has 1 aromatic rings. The van der Waals surface area contributed by atoms with Crippen molar-refractivity contribution in [3.63, 3.8) is 0 Å². The van der Waals surface area contributed by atoms with E-state index < -0.39 is 40.6 Å². The maximum atomic E-state index is 10.3. The van der Waals surface area contributed by atoms with Crippen molar-refractivity contribution in [1.82, 2.24) is 0 Å². The van der Waals surface area contributed by atoms with Crippen LogP contribution in [0.2, 0.25) is 0 Å². The molecule has 2 rings (SSSR count). The summed E-state index contributed by atoms with van der Waals surface area (Å²) < 4.78 is 5.59. The van der Waals surface area contributed by atoms with Gasteiger partial charge in [0.05, 0.1) is 19.8 Å². The lowest BCUT2D eigenvalue weighted by Crippen LogP contribution is -2.42. The Bertz CT molecular complexity index is 459. The van der Waals surface area contributed by atoms with E-state index in [1.165, 1.54) is 0 Å². The first-order valence-corrected chi connectivity index (χ1v) is 9.27. The van der Waals surface area contributed by atoms with Crippen LogP contribution < -0.4 is 0 Å². The number of ether oxygens (including phenoxy) is 1. The molecule has 1 fully saturated rings. The number of hydrogen-bond acceptors (Lipinski definition) is 6. The number of benzene rings is 1. The van der Waals surface area contributed by atoms with E-state index in [4.69, 9.17) is 4.74 Å². The molecule has 1 aliphatic rings. The van der Waals surface area contributed by atoms with Crippen molar-refractivity contribution in [1.29, 1.82) is 0 Å². The molecule has 0 saturated carbocycles. The van der Waals surface area contributed by atoms with E-state index in [9.17, 15) is 25.5 Å². The van der Waals surface area contributed by atoms with E-state index in [1.807, 2.05) is 30.3 Å². The Morgan fingerprint density at radius 3 is 2.48 bits per heavy atom. The van der Waals surface area contributed by atoms with Crippen molar-refractivity contribution in [2.24, 2.45) is 0 Å². The van der Waals surface area contributed by atoms with Gasteiger partial charge in [0.1, 0.15) is 35.9 Å². The van der Waals surface area contributed by atoms with Crippen LogP contribution in [0.1, 0.15) is 5.56 Å². The quantitative estimate of drug-likeness (QED) is 0.372. The maximum absolute atomic E-state index is 10.3. The highest BCUT2D eigenvalue weighted by Gasteiger charge is 2.50. The van der Waals surface area contributed by atoms with Gasteiger partial charge >= 0.3 is 0 Å². The van der Waals surface area contributed by atoms with Crippen LogP contribution in [0.25, 0.3) is 0 Å². The molecule has 0 aromatic heterocycles. The van der Waals surface area contributed by atoms with Crippen LogP contribution in [-0.4, -0.2) is 79.9 Å². The number of aliphatic hydroxyl groups is 5. The molecular weight excluding hydrogens is 320 g/mol. The summed E-state index contributed by atoms with van der Waals surface area (Å²) in [4.78, 5) is 0. The maximum Gasteiger partial charge on any atom is 0.169 e. The third kappa shape index (κ3) is 4.90. The Morgan fingerprint density at radius 1 is 1.17 bits per heavy atom. The van der Waals surface area contributed by atoms with Gasteiger partial charge in [0.15, 0.2) is 5.25 Å². The summed E-state index contributed by atoms with van der Waals surface area (Å²) in [5.41, 5.74) is 0.945. The van der Waals surface area contributed by atoms with Gasteiger partial charge in [-0.1, -0.05) is 30.3 Å². The second-order valence-electron chi connectivity index (χ2n) is 5.73. The molecular formula is C16H25O6S+. The van der Waals surface area contributed by atoms with Gasteiger partial charge in [0.25, 0.3) is 0 Å². The standard InChI is InChI=1S/C16H25O6S/c17-6-14(22-8-11-4-2-1-3-5-11)12(19)9-23-10-13(20)16(21)15(23)7-18/h1-5,12-21H,6-10H2/q+1/t12?,13-,14+,15-,16+,23?/m1/s1. The Balaban J connectivity index is 1.88. The molecule has 1 heterocycles. The van der Waals surface area contributed by atoms with Gasteiger partial charge in [0, 0.05) is 10.9 Å². The topological polar surface area (TPSA) is 110 Å². The predicted octanol–water partition coefficient (Wildman–Crippen LogP) is -1.36. The lowest BCUT2D eigenvalue weighted by molar-refractivity contribution is -0.0623. The highest BCUT2D eigenvalue weighted by Crippen LogP contribution is 2.25. The van der Waals surface area contributed by atoms with Gasteiger partial charge < -0.3 is 30.3 Å². The molecule has 0 bridgehead atoms. The normalized spacial score (nSPS) is 30.3. The van der Waals surface area contributed by atoms with Crippen molar-refractivity contribution >= 4 is 10.9 Å². The first-order valence-electron chi connectivity index (χ1n) is 7.64. The zero-order chi connectivity index (χ0) is 16.8. The first-order chi connectivity index (χ1) is 11.1. The molecule has 0 amide bonds. The number of hydrogen-bond donors (Lipinski definition) is 5. The van der Waals surface area contributed by atoms with Crippen molar-refractivity contribution in [2.45, 2.75) is 36.3 Å². The van der Waals surface area contributed by atoms with Gasteiger partial charge in [-0.2, -0.15) is 0 Å². The molecule has 0 aliphatic carbocycles. The van der Waals surface area contributed by atoms with Crippen LogP contribution in [-0.2, 0) is 22.2 Å². The monoisotopic (exact) mass is 345 g/mol. The summed E-state index contributed by atoms with van der Waals surface area (Å²) in [7, 11) is -0.517. The van der Waals surface area contributed by atoms with E-state index in [0.29, 0.717) is 5.75 Å². The Labute approximate surface area is 138 Å². The molecule has 5 N–H and O–H groups in total. The van der Waals surface area contributed by atoms with Crippen molar-refractivity contribution < 1.29 is 30.3 Å². The molecule has 0 radical (unpaired) electrons. The van der Waals surface area contributed by atoms with E-state index in [1.54, 1.807) is 0 Å². The minimum absolute atomic E-state index is 0.233. The van der Waals surface area contributed by atoms with Crippen LogP contribution in [0.15, 0.2) is 30.3 Å². The molecule has 6 atom stereocenters. The van der Waals surface area contributed by atoms with Gasteiger partial charge in [0.2, 0.25) is 0 Å². The summed E-state index contributed by atoms with van der Waals surface area (Å²) in [5.74, 6) is 0.625. The minimum atomic E-state index is -0.964. The second kappa shape index (κ2) is 8.98. The number of rotatable bonds is 8. The van der Waals surface area contributed by atoms with E-state index in [-0.39, 0.29) is 25.6 Å². The second-order valence-corrected chi connectivity index (χ2v) is 8.08. The fourth-order valence-corrected chi connectivity index (χ4v) is 5.39. The average Bonchev–Trinajstić information content (AvgIpc) is 2.82. The third-order valence-corrected chi connectivity index (χ3v) is 6.89. The Kier molecular flexibility index (Phi) is 7.29. The van der Waals surface area contributed by atoms with Crippen LogP contribution in [0.4, 0.5) is 0 Å².